The summed E-state index contributed by atoms with van der Waals surface area (Å²) in [5, 5.41) is 7.90. The molecule has 2 heteroatoms. The Bertz CT molecular complexity index is 255. The summed E-state index contributed by atoms with van der Waals surface area (Å²) in [5.74, 6) is 0.913. The maximum atomic E-state index is 3.42. The predicted octanol–water partition coefficient (Wildman–Crippen LogP) is 3.07. The van der Waals surface area contributed by atoms with Crippen LogP contribution in [0.2, 0.25) is 0 Å². The highest BCUT2D eigenvalue weighted by molar-refractivity contribution is 7.07. The van der Waals surface area contributed by atoms with E-state index in [2.05, 4.69) is 29.2 Å². The number of rotatable bonds is 3. The van der Waals surface area contributed by atoms with Crippen molar-refractivity contribution in [2.45, 2.75) is 38.1 Å². The Kier molecular flexibility index (Phi) is 3.60. The van der Waals surface area contributed by atoms with Crippen LogP contribution in [0.25, 0.3) is 0 Å². The molecule has 1 fully saturated rings. The van der Waals surface area contributed by atoms with E-state index in [9.17, 15) is 0 Å². The Morgan fingerprint density at radius 2 is 2.43 bits per heavy atom. The second kappa shape index (κ2) is 4.94. The normalized spacial score (nSPS) is 27.8. The number of nitrogens with one attached hydrogen (secondary N) is 1. The van der Waals surface area contributed by atoms with Crippen molar-refractivity contribution >= 4 is 11.3 Å². The second-order valence-corrected chi connectivity index (χ2v) is 5.13. The molecule has 0 spiro atoms. The molecule has 1 aliphatic rings. The van der Waals surface area contributed by atoms with Crippen molar-refractivity contribution < 1.29 is 0 Å². The SMILES string of the molecule is CNC1CCCC(Cc2ccsc2)C1. The van der Waals surface area contributed by atoms with Gasteiger partial charge < -0.3 is 5.32 Å². The quantitative estimate of drug-likeness (QED) is 0.806. The molecule has 0 aliphatic heterocycles. The Labute approximate surface area is 90.5 Å². The van der Waals surface area contributed by atoms with Gasteiger partial charge in [-0.05, 0) is 54.6 Å². The van der Waals surface area contributed by atoms with Gasteiger partial charge in [-0.2, -0.15) is 11.3 Å². The molecule has 0 radical (unpaired) electrons. The van der Waals surface area contributed by atoms with Crippen molar-refractivity contribution in [3.8, 4) is 0 Å². The van der Waals surface area contributed by atoms with Gasteiger partial charge in [0.1, 0.15) is 0 Å². The molecule has 2 unspecified atom stereocenters. The van der Waals surface area contributed by atoms with Crippen LogP contribution >= 0.6 is 11.3 Å². The summed E-state index contributed by atoms with van der Waals surface area (Å²) in [7, 11) is 2.09. The molecule has 1 aliphatic carbocycles. The molecule has 78 valence electrons. The highest BCUT2D eigenvalue weighted by atomic mass is 32.1. The molecule has 0 aromatic carbocycles. The van der Waals surface area contributed by atoms with Crippen molar-refractivity contribution in [1.82, 2.24) is 5.32 Å². The van der Waals surface area contributed by atoms with E-state index in [-0.39, 0.29) is 0 Å². The van der Waals surface area contributed by atoms with Crippen LogP contribution in [0.4, 0.5) is 0 Å². The first-order chi connectivity index (χ1) is 6.88. The summed E-state index contributed by atoms with van der Waals surface area (Å²) < 4.78 is 0. The molecule has 1 N–H and O–H groups in total. The van der Waals surface area contributed by atoms with Gasteiger partial charge in [-0.25, -0.2) is 0 Å². The summed E-state index contributed by atoms with van der Waals surface area (Å²) in [6.45, 7) is 0. The number of hydrogen-bond acceptors (Lipinski definition) is 2. The molecule has 2 atom stereocenters. The summed E-state index contributed by atoms with van der Waals surface area (Å²) >= 11 is 1.82. The van der Waals surface area contributed by atoms with Crippen LogP contribution in [0.5, 0.6) is 0 Å². The lowest BCUT2D eigenvalue weighted by Gasteiger charge is -2.28. The van der Waals surface area contributed by atoms with E-state index >= 15 is 0 Å². The zero-order valence-corrected chi connectivity index (χ0v) is 9.65. The summed E-state index contributed by atoms with van der Waals surface area (Å²) in [4.78, 5) is 0. The minimum atomic E-state index is 0.771. The van der Waals surface area contributed by atoms with Gasteiger partial charge in [0.2, 0.25) is 0 Å². The predicted molar refractivity (Wildman–Crippen MR) is 62.8 cm³/mol. The first-order valence-corrected chi connectivity index (χ1v) is 6.51. The van der Waals surface area contributed by atoms with Crippen LogP contribution in [0.1, 0.15) is 31.2 Å². The molecule has 14 heavy (non-hydrogen) atoms. The maximum Gasteiger partial charge on any atom is 0.00668 e. The Morgan fingerprint density at radius 1 is 1.50 bits per heavy atom. The van der Waals surface area contributed by atoms with Gasteiger partial charge in [0.25, 0.3) is 0 Å². The minimum Gasteiger partial charge on any atom is -0.317 e. The molecule has 1 aromatic heterocycles. The van der Waals surface area contributed by atoms with Crippen molar-refractivity contribution in [2.24, 2.45) is 5.92 Å². The van der Waals surface area contributed by atoms with Crippen LogP contribution in [-0.2, 0) is 6.42 Å². The highest BCUT2D eigenvalue weighted by Crippen LogP contribution is 2.27. The topological polar surface area (TPSA) is 12.0 Å². The van der Waals surface area contributed by atoms with Crippen LogP contribution in [0.15, 0.2) is 16.8 Å². The van der Waals surface area contributed by atoms with E-state index in [0.29, 0.717) is 0 Å². The monoisotopic (exact) mass is 209 g/mol. The van der Waals surface area contributed by atoms with Gasteiger partial charge in [0.05, 0.1) is 0 Å². The first-order valence-electron chi connectivity index (χ1n) is 5.57. The fraction of sp³-hybridized carbons (Fsp3) is 0.667. The molecule has 0 saturated heterocycles. The second-order valence-electron chi connectivity index (χ2n) is 4.35. The van der Waals surface area contributed by atoms with Crippen molar-refractivity contribution in [3.63, 3.8) is 0 Å². The zero-order valence-electron chi connectivity index (χ0n) is 8.83. The first kappa shape index (κ1) is 10.2. The van der Waals surface area contributed by atoms with Crippen molar-refractivity contribution in [3.05, 3.63) is 22.4 Å². The lowest BCUT2D eigenvalue weighted by Crippen LogP contribution is -2.31. The molecule has 0 bridgehead atoms. The summed E-state index contributed by atoms with van der Waals surface area (Å²) in [5.41, 5.74) is 1.54. The van der Waals surface area contributed by atoms with Gasteiger partial charge in [-0.1, -0.05) is 12.8 Å². The van der Waals surface area contributed by atoms with Crippen molar-refractivity contribution in [1.29, 1.82) is 0 Å². The molecule has 1 aromatic rings. The Hall–Kier alpha value is -0.340. The molecule has 1 heterocycles. The largest absolute Gasteiger partial charge is 0.317 e. The van der Waals surface area contributed by atoms with E-state index in [1.807, 2.05) is 11.3 Å². The third-order valence-electron chi connectivity index (χ3n) is 3.30. The summed E-state index contributed by atoms with van der Waals surface area (Å²) in [6.07, 6.45) is 6.86. The smallest absolute Gasteiger partial charge is 0.00668 e. The molecule has 2 rings (SSSR count). The molecule has 0 amide bonds. The highest BCUT2D eigenvalue weighted by Gasteiger charge is 2.20. The third kappa shape index (κ3) is 2.58. The average molecular weight is 209 g/mol. The van der Waals surface area contributed by atoms with E-state index in [1.165, 1.54) is 37.7 Å². The standard InChI is InChI=1S/C12H19NS/c1-13-12-4-2-3-10(8-12)7-11-5-6-14-9-11/h5-6,9-10,12-13H,2-4,7-8H2,1H3. The van der Waals surface area contributed by atoms with E-state index in [4.69, 9.17) is 0 Å². The van der Waals surface area contributed by atoms with E-state index in [1.54, 1.807) is 0 Å². The number of hydrogen-bond donors (Lipinski definition) is 1. The van der Waals surface area contributed by atoms with Crippen LogP contribution in [-0.4, -0.2) is 13.1 Å². The van der Waals surface area contributed by atoms with Gasteiger partial charge in [-0.15, -0.1) is 0 Å². The van der Waals surface area contributed by atoms with Crippen LogP contribution in [0, 0.1) is 5.92 Å². The number of thiophene rings is 1. The van der Waals surface area contributed by atoms with Gasteiger partial charge in [-0.3, -0.25) is 0 Å². The lowest BCUT2D eigenvalue weighted by atomic mass is 9.82. The zero-order chi connectivity index (χ0) is 9.80. The molecular weight excluding hydrogens is 190 g/mol. The average Bonchev–Trinajstić information content (AvgIpc) is 2.71. The Balaban J connectivity index is 1.86. The molecule has 1 saturated carbocycles. The fourth-order valence-corrected chi connectivity index (χ4v) is 3.16. The maximum absolute atomic E-state index is 3.42. The van der Waals surface area contributed by atoms with E-state index in [0.717, 1.165) is 12.0 Å². The lowest BCUT2D eigenvalue weighted by molar-refractivity contribution is 0.294. The molecular formula is C12H19NS. The van der Waals surface area contributed by atoms with Gasteiger partial charge >= 0.3 is 0 Å². The van der Waals surface area contributed by atoms with Crippen LogP contribution < -0.4 is 5.32 Å². The minimum absolute atomic E-state index is 0.771. The van der Waals surface area contributed by atoms with Crippen molar-refractivity contribution in [2.75, 3.05) is 7.05 Å². The fourth-order valence-electron chi connectivity index (χ4n) is 2.48. The van der Waals surface area contributed by atoms with Crippen LogP contribution in [0.3, 0.4) is 0 Å². The summed E-state index contributed by atoms with van der Waals surface area (Å²) in [6, 6.07) is 3.04. The van der Waals surface area contributed by atoms with Gasteiger partial charge in [0, 0.05) is 6.04 Å². The Morgan fingerprint density at radius 3 is 3.14 bits per heavy atom. The van der Waals surface area contributed by atoms with Gasteiger partial charge in [0.15, 0.2) is 0 Å². The van der Waals surface area contributed by atoms with E-state index < -0.39 is 0 Å². The third-order valence-corrected chi connectivity index (χ3v) is 4.03. The molecule has 1 nitrogen and oxygen atoms in total.